The number of nitrogens with zero attached hydrogens (tertiary/aromatic N) is 4. The Bertz CT molecular complexity index is 1490. The molecule has 2 aliphatic rings. The van der Waals surface area contributed by atoms with Crippen LogP contribution in [0.25, 0.3) is 10.9 Å². The number of aromatic nitrogens is 1. The highest BCUT2D eigenvalue weighted by Gasteiger charge is 2.40. The number of hydrogen-bond donors (Lipinski definition) is 4. The lowest BCUT2D eigenvalue weighted by atomic mass is 10.1. The number of carbonyl (C=O) groups excluding carboxylic acids is 4. The van der Waals surface area contributed by atoms with Crippen molar-refractivity contribution >= 4 is 46.7 Å². The second-order valence-corrected chi connectivity index (χ2v) is 10.8. The maximum absolute atomic E-state index is 13.5. The van der Waals surface area contributed by atoms with Crippen LogP contribution in [0.15, 0.2) is 24.3 Å². The van der Waals surface area contributed by atoms with Crippen LogP contribution in [-0.4, -0.2) is 135 Å². The molecule has 16 nitrogen and oxygen atoms in total. The first-order valence-corrected chi connectivity index (χ1v) is 14.3. The molecule has 4 rings (SSSR count). The normalized spacial score (nSPS) is 18.8. The molecule has 2 saturated heterocycles. The number of amides is 4. The molecular weight excluding hydrogens is 594 g/mol. The predicted molar refractivity (Wildman–Crippen MR) is 154 cm³/mol. The van der Waals surface area contributed by atoms with Gasteiger partial charge in [-0.3, -0.25) is 19.2 Å². The Morgan fingerprint density at radius 1 is 1.04 bits per heavy atom. The molecule has 4 amide bonds. The average Bonchev–Trinajstić information content (AvgIpc) is 3.42. The Hall–Kier alpha value is -4.99. The lowest BCUT2D eigenvalue weighted by Gasteiger charge is -2.35. The van der Waals surface area contributed by atoms with Gasteiger partial charge in [0.05, 0.1) is 18.7 Å². The summed E-state index contributed by atoms with van der Waals surface area (Å²) >= 11 is 0. The van der Waals surface area contributed by atoms with E-state index in [1.54, 1.807) is 18.2 Å². The number of likely N-dealkylation sites (tertiary alicyclic amines) is 1. The van der Waals surface area contributed by atoms with Crippen molar-refractivity contribution in [2.24, 2.45) is 0 Å². The Balaban J connectivity index is 1.55. The van der Waals surface area contributed by atoms with E-state index in [2.05, 4.69) is 10.3 Å². The third kappa shape index (κ3) is 7.94. The number of aliphatic hydroxyl groups is 1. The number of pyridine rings is 1. The number of methoxy groups -OCH3 is 1. The molecule has 0 radical (unpaired) electrons. The molecule has 16 heteroatoms. The van der Waals surface area contributed by atoms with Gasteiger partial charge >= 0.3 is 18.0 Å². The van der Waals surface area contributed by atoms with Crippen LogP contribution < -0.4 is 10.1 Å². The van der Waals surface area contributed by atoms with Gasteiger partial charge in [-0.1, -0.05) is 6.07 Å². The summed E-state index contributed by atoms with van der Waals surface area (Å²) in [6.07, 6.45) is -2.62. The number of aliphatic carboxylic acids is 1. The lowest BCUT2D eigenvalue weighted by Crippen LogP contribution is -2.55. The van der Waals surface area contributed by atoms with Crippen molar-refractivity contribution in [3.8, 4) is 5.75 Å². The fourth-order valence-corrected chi connectivity index (χ4v) is 5.31. The molecular formula is C29H35N5O11. The summed E-state index contributed by atoms with van der Waals surface area (Å²) in [6, 6.07) is 4.27. The zero-order chi connectivity index (χ0) is 32.8. The Kier molecular flexibility index (Phi) is 10.4. The van der Waals surface area contributed by atoms with Crippen LogP contribution in [0.4, 0.5) is 4.79 Å². The molecule has 2 fully saturated rings. The Morgan fingerprint density at radius 3 is 2.38 bits per heavy atom. The van der Waals surface area contributed by atoms with E-state index < -0.39 is 67.0 Å². The molecule has 1 aromatic carbocycles. The highest BCUT2D eigenvalue weighted by atomic mass is 16.5. The van der Waals surface area contributed by atoms with Crippen LogP contribution in [0.5, 0.6) is 5.75 Å². The van der Waals surface area contributed by atoms with Crippen LogP contribution in [0, 0.1) is 6.92 Å². The zero-order valence-corrected chi connectivity index (χ0v) is 24.8. The number of ether oxygens (including phenoxy) is 2. The van der Waals surface area contributed by atoms with Crippen LogP contribution in [-0.2, 0) is 23.9 Å². The number of nitrogens with one attached hydrogen (secondary N) is 1. The van der Waals surface area contributed by atoms with Gasteiger partial charge in [-0.2, -0.15) is 0 Å². The number of piperazine rings is 1. The number of carbonyl (C=O) groups is 6. The number of hydrogen-bond acceptors (Lipinski definition) is 10. The number of carboxylic acid groups (broad SMARTS) is 2. The summed E-state index contributed by atoms with van der Waals surface area (Å²) in [5.74, 6) is -3.66. The molecule has 0 aliphatic carbocycles. The van der Waals surface area contributed by atoms with Gasteiger partial charge in [-0.05, 0) is 31.0 Å². The molecule has 1 aromatic heterocycles. The molecule has 45 heavy (non-hydrogen) atoms. The van der Waals surface area contributed by atoms with Crippen molar-refractivity contribution in [3.05, 3.63) is 35.5 Å². The van der Waals surface area contributed by atoms with E-state index in [9.17, 15) is 44.1 Å². The van der Waals surface area contributed by atoms with Gasteiger partial charge in [0.2, 0.25) is 5.91 Å². The molecule has 2 unspecified atom stereocenters. The van der Waals surface area contributed by atoms with E-state index in [0.29, 0.717) is 10.9 Å². The zero-order valence-electron chi connectivity index (χ0n) is 24.8. The van der Waals surface area contributed by atoms with Crippen molar-refractivity contribution < 1.29 is 53.6 Å². The smallest absolute Gasteiger partial charge is 0.407 e. The van der Waals surface area contributed by atoms with Crippen molar-refractivity contribution in [1.29, 1.82) is 0 Å². The number of esters is 1. The fraction of sp³-hybridized carbons (Fsp3) is 0.483. The highest BCUT2D eigenvalue weighted by Crippen LogP contribution is 2.27. The minimum Gasteiger partial charge on any atom is -0.483 e. The first-order chi connectivity index (χ1) is 21.4. The van der Waals surface area contributed by atoms with Gasteiger partial charge in [0.15, 0.2) is 6.61 Å². The molecule has 2 aliphatic heterocycles. The SMILES string of the molecule is COC(=O)C1C[C@H](O)CN1C(=O)COc1cc(C(=O)NC(CCC(=O)O)C(=O)N2CCN(C(=O)O)CC2)nc2cc(C)ccc12. The van der Waals surface area contributed by atoms with E-state index in [0.717, 1.165) is 10.5 Å². The molecule has 242 valence electrons. The monoisotopic (exact) mass is 629 g/mol. The number of benzene rings is 1. The summed E-state index contributed by atoms with van der Waals surface area (Å²) in [7, 11) is 1.18. The largest absolute Gasteiger partial charge is 0.483 e. The van der Waals surface area contributed by atoms with Gasteiger partial charge < -0.3 is 44.8 Å². The standard InChI is InChI=1S/C29H35N5O11/c1-16-3-4-18-20(11-16)30-21(13-23(18)45-15-24(36)34-14-17(35)12-22(34)28(41)44-2)26(39)31-19(5-6-25(37)38)27(40)32-7-9-33(10-8-32)29(42)43/h3-4,11,13,17,19,22,35H,5-10,12,14-15H2,1-2H3,(H,31,39)(H,37,38)(H,42,43)/t17-,19?,22?/m0/s1. The molecule has 3 atom stereocenters. The number of fused-ring (bicyclic) bond motifs is 1. The summed E-state index contributed by atoms with van der Waals surface area (Å²) in [4.78, 5) is 82.6. The van der Waals surface area contributed by atoms with E-state index in [-0.39, 0.29) is 57.0 Å². The molecule has 2 aromatic rings. The Morgan fingerprint density at radius 2 is 1.73 bits per heavy atom. The molecule has 4 N–H and O–H groups in total. The summed E-state index contributed by atoms with van der Waals surface area (Å²) in [5, 5.41) is 31.5. The number of rotatable bonds is 10. The van der Waals surface area contributed by atoms with Crippen LogP contribution in [0.3, 0.4) is 0 Å². The second-order valence-electron chi connectivity index (χ2n) is 10.8. The van der Waals surface area contributed by atoms with Gasteiger partial charge in [0.1, 0.15) is 23.5 Å². The average molecular weight is 630 g/mol. The summed E-state index contributed by atoms with van der Waals surface area (Å²) in [5.41, 5.74) is 1.01. The minimum atomic E-state index is -1.23. The van der Waals surface area contributed by atoms with E-state index in [1.165, 1.54) is 23.0 Å². The van der Waals surface area contributed by atoms with Gasteiger partial charge in [-0.25, -0.2) is 14.6 Å². The first-order valence-electron chi connectivity index (χ1n) is 14.3. The lowest BCUT2D eigenvalue weighted by molar-refractivity contribution is -0.151. The summed E-state index contributed by atoms with van der Waals surface area (Å²) in [6.45, 7) is 1.50. The van der Waals surface area contributed by atoms with Crippen molar-refractivity contribution in [3.63, 3.8) is 0 Å². The highest BCUT2D eigenvalue weighted by molar-refractivity contribution is 5.99. The first kappa shape index (κ1) is 32.9. The van der Waals surface area contributed by atoms with Crippen LogP contribution >= 0.6 is 0 Å². The van der Waals surface area contributed by atoms with Crippen LogP contribution in [0.1, 0.15) is 35.3 Å². The maximum Gasteiger partial charge on any atom is 0.407 e. The number of aliphatic hydroxyl groups excluding tert-OH is 1. The van der Waals surface area contributed by atoms with Gasteiger partial charge in [0, 0.05) is 57.0 Å². The van der Waals surface area contributed by atoms with Gasteiger partial charge in [-0.15, -0.1) is 0 Å². The molecule has 0 bridgehead atoms. The predicted octanol–water partition coefficient (Wildman–Crippen LogP) is -0.158. The van der Waals surface area contributed by atoms with Crippen molar-refractivity contribution in [1.82, 2.24) is 25.0 Å². The van der Waals surface area contributed by atoms with Crippen molar-refractivity contribution in [2.75, 3.05) is 46.4 Å². The molecule has 3 heterocycles. The topological polar surface area (TPSA) is 216 Å². The summed E-state index contributed by atoms with van der Waals surface area (Å²) < 4.78 is 10.6. The van der Waals surface area contributed by atoms with E-state index in [4.69, 9.17) is 9.47 Å². The maximum atomic E-state index is 13.5. The third-order valence-corrected chi connectivity index (χ3v) is 7.70. The van der Waals surface area contributed by atoms with Crippen LogP contribution in [0.2, 0.25) is 0 Å². The number of aryl methyl sites for hydroxylation is 1. The Labute approximate surface area is 257 Å². The minimum absolute atomic E-state index is 0.0250. The molecule has 0 spiro atoms. The van der Waals surface area contributed by atoms with Gasteiger partial charge in [0.25, 0.3) is 11.8 Å². The number of carboxylic acids is 1. The second kappa shape index (κ2) is 14.2. The van der Waals surface area contributed by atoms with Crippen molar-refractivity contribution in [2.45, 2.75) is 44.4 Å². The number of β-amino-alcohol motifs (C(OH)–C–C–N with tert-alkyl or cyclic N) is 1. The quantitative estimate of drug-likeness (QED) is 0.252. The third-order valence-electron chi connectivity index (χ3n) is 7.70. The van der Waals surface area contributed by atoms with E-state index in [1.807, 2.05) is 6.92 Å². The van der Waals surface area contributed by atoms with E-state index >= 15 is 0 Å². The molecule has 0 saturated carbocycles. The fourth-order valence-electron chi connectivity index (χ4n) is 5.31.